The van der Waals surface area contributed by atoms with Gasteiger partial charge in [0.15, 0.2) is 5.82 Å². The third kappa shape index (κ3) is 5.34. The molecule has 0 aromatic heterocycles. The Labute approximate surface area is 190 Å². The predicted molar refractivity (Wildman–Crippen MR) is 122 cm³/mol. The molecule has 3 rings (SSSR count). The average molecular weight is 477 g/mol. The Morgan fingerprint density at radius 1 is 1.12 bits per heavy atom. The Kier molecular flexibility index (Phi) is 6.71. The zero-order valence-corrected chi connectivity index (χ0v) is 19.0. The first kappa shape index (κ1) is 23.9. The van der Waals surface area contributed by atoms with Crippen LogP contribution in [0.3, 0.4) is 0 Å². The summed E-state index contributed by atoms with van der Waals surface area (Å²) >= 11 is 6.05. The smallest absolute Gasteiger partial charge is 0.241 e. The van der Waals surface area contributed by atoms with Gasteiger partial charge in [0.1, 0.15) is 4.90 Å². The Hall–Kier alpha value is -2.78. The highest BCUT2D eigenvalue weighted by molar-refractivity contribution is 7.89. The van der Waals surface area contributed by atoms with Crippen LogP contribution in [0, 0.1) is 5.82 Å². The fourth-order valence-corrected chi connectivity index (χ4v) is 4.29. The van der Waals surface area contributed by atoms with Gasteiger partial charge >= 0.3 is 0 Å². The number of amides is 1. The van der Waals surface area contributed by atoms with Crippen molar-refractivity contribution >= 4 is 33.2 Å². The molecule has 9 heteroatoms. The van der Waals surface area contributed by atoms with Crippen molar-refractivity contribution in [1.29, 1.82) is 0 Å². The van der Waals surface area contributed by atoms with Gasteiger partial charge in [-0.2, -0.15) is 0 Å². The number of aliphatic hydroxyl groups is 1. The molecule has 0 fully saturated rings. The summed E-state index contributed by atoms with van der Waals surface area (Å²) in [5.41, 5.74) is -0.106. The number of hydrogen-bond donors (Lipinski definition) is 3. The topological polar surface area (TPSA) is 109 Å². The molecule has 0 spiro atoms. The van der Waals surface area contributed by atoms with Crippen molar-refractivity contribution < 1.29 is 22.7 Å². The van der Waals surface area contributed by atoms with Gasteiger partial charge in [-0.25, -0.2) is 17.9 Å². The van der Waals surface area contributed by atoms with Gasteiger partial charge in [-0.3, -0.25) is 4.79 Å². The summed E-state index contributed by atoms with van der Waals surface area (Å²) in [5, 5.41) is 18.3. The summed E-state index contributed by atoms with van der Waals surface area (Å²) < 4.78 is 39.8. The molecular formula is C23H22ClFN2O4S. The highest BCUT2D eigenvalue weighted by atomic mass is 35.5. The molecule has 3 aromatic carbocycles. The summed E-state index contributed by atoms with van der Waals surface area (Å²) in [6, 6.07) is 15.8. The van der Waals surface area contributed by atoms with Crippen LogP contribution in [0.1, 0.15) is 25.0 Å². The molecule has 0 saturated carbocycles. The average Bonchev–Trinajstić information content (AvgIpc) is 2.69. The number of nitrogens with two attached hydrogens (primary N) is 1. The van der Waals surface area contributed by atoms with Gasteiger partial charge in [0.25, 0.3) is 0 Å². The zero-order valence-electron chi connectivity index (χ0n) is 17.4. The Bertz CT molecular complexity index is 1290. The van der Waals surface area contributed by atoms with Crippen LogP contribution in [0.15, 0.2) is 65.6 Å². The van der Waals surface area contributed by atoms with Crippen LogP contribution in [0.5, 0.6) is 0 Å². The van der Waals surface area contributed by atoms with Gasteiger partial charge < -0.3 is 10.4 Å². The molecule has 1 amide bonds. The highest BCUT2D eigenvalue weighted by Gasteiger charge is 2.25. The number of sulfonamides is 1. The van der Waals surface area contributed by atoms with Crippen LogP contribution < -0.4 is 10.5 Å². The Morgan fingerprint density at radius 2 is 1.81 bits per heavy atom. The number of benzene rings is 3. The number of nitrogens with one attached hydrogen (secondary N) is 1. The molecule has 0 aliphatic rings. The molecule has 0 unspecified atom stereocenters. The lowest BCUT2D eigenvalue weighted by Crippen LogP contribution is -2.20. The third-order valence-corrected chi connectivity index (χ3v) is 6.18. The van der Waals surface area contributed by atoms with Gasteiger partial charge in [0.05, 0.1) is 17.7 Å². The largest absolute Gasteiger partial charge is 0.386 e. The summed E-state index contributed by atoms with van der Waals surface area (Å²) in [6.45, 7) is 3.15. The minimum Gasteiger partial charge on any atom is -0.386 e. The maximum atomic E-state index is 15.3. The van der Waals surface area contributed by atoms with E-state index in [4.69, 9.17) is 16.7 Å². The molecule has 4 N–H and O–H groups in total. The van der Waals surface area contributed by atoms with E-state index < -0.39 is 32.2 Å². The highest BCUT2D eigenvalue weighted by Crippen LogP contribution is 2.34. The first-order chi connectivity index (χ1) is 14.9. The van der Waals surface area contributed by atoms with E-state index in [2.05, 4.69) is 5.32 Å². The lowest BCUT2D eigenvalue weighted by Gasteiger charge is -2.19. The second-order valence-electron chi connectivity index (χ2n) is 7.80. The maximum Gasteiger partial charge on any atom is 0.241 e. The molecule has 0 heterocycles. The summed E-state index contributed by atoms with van der Waals surface area (Å²) in [6.07, 6.45) is -0.126. The van der Waals surface area contributed by atoms with Crippen molar-refractivity contribution in [1.82, 2.24) is 0 Å². The normalized spacial score (nSPS) is 11.9. The number of anilines is 1. The zero-order chi connectivity index (χ0) is 23.7. The molecule has 3 aromatic rings. The Morgan fingerprint density at radius 3 is 2.44 bits per heavy atom. The first-order valence-electron chi connectivity index (χ1n) is 9.60. The van der Waals surface area contributed by atoms with Crippen LogP contribution in [0.2, 0.25) is 5.02 Å². The van der Waals surface area contributed by atoms with Crippen molar-refractivity contribution in [2.24, 2.45) is 5.14 Å². The van der Waals surface area contributed by atoms with E-state index in [1.54, 1.807) is 62.4 Å². The SMILES string of the molecule is CC(C)(O)c1cccc(-c2ccc(NC(=O)Cc3ccccc3Cl)c(F)c2S(N)(=O)=O)c1. The van der Waals surface area contributed by atoms with E-state index in [0.29, 0.717) is 21.7 Å². The number of carbonyl (C=O) groups is 1. The fourth-order valence-electron chi connectivity index (χ4n) is 3.23. The van der Waals surface area contributed by atoms with E-state index in [9.17, 15) is 18.3 Å². The molecule has 0 aliphatic carbocycles. The van der Waals surface area contributed by atoms with Crippen LogP contribution >= 0.6 is 11.6 Å². The third-order valence-electron chi connectivity index (χ3n) is 4.84. The molecule has 0 saturated heterocycles. The quantitative estimate of drug-likeness (QED) is 0.495. The van der Waals surface area contributed by atoms with E-state index >= 15 is 4.39 Å². The van der Waals surface area contributed by atoms with E-state index in [-0.39, 0.29) is 17.7 Å². The van der Waals surface area contributed by atoms with Crippen molar-refractivity contribution in [2.45, 2.75) is 30.8 Å². The molecular weight excluding hydrogens is 455 g/mol. The second-order valence-corrected chi connectivity index (χ2v) is 9.71. The summed E-state index contributed by atoms with van der Waals surface area (Å²) in [4.78, 5) is 11.7. The van der Waals surface area contributed by atoms with E-state index in [1.807, 2.05) is 0 Å². The van der Waals surface area contributed by atoms with Crippen LogP contribution in [-0.4, -0.2) is 19.4 Å². The first-order valence-corrected chi connectivity index (χ1v) is 11.5. The lowest BCUT2D eigenvalue weighted by molar-refractivity contribution is -0.115. The minimum atomic E-state index is -4.49. The molecule has 168 valence electrons. The summed E-state index contributed by atoms with van der Waals surface area (Å²) in [5.74, 6) is -1.75. The minimum absolute atomic E-state index is 0.0141. The van der Waals surface area contributed by atoms with E-state index in [1.165, 1.54) is 12.1 Å². The van der Waals surface area contributed by atoms with Crippen molar-refractivity contribution in [3.8, 4) is 11.1 Å². The molecule has 0 radical (unpaired) electrons. The van der Waals surface area contributed by atoms with Gasteiger partial charge in [-0.1, -0.05) is 54.1 Å². The monoisotopic (exact) mass is 476 g/mol. The molecule has 0 bridgehead atoms. The van der Waals surface area contributed by atoms with Crippen molar-refractivity contribution in [3.05, 3.63) is 82.6 Å². The molecule has 0 aliphatic heterocycles. The number of carbonyl (C=O) groups excluding carboxylic acids is 1. The maximum absolute atomic E-state index is 15.3. The Balaban J connectivity index is 2.02. The van der Waals surface area contributed by atoms with Gasteiger partial charge in [0.2, 0.25) is 15.9 Å². The number of hydrogen-bond acceptors (Lipinski definition) is 4. The standard InChI is InChI=1S/C23H22ClFN2O4S/c1-23(2,29)16-8-5-7-14(12-16)17-10-11-19(21(25)22(17)32(26,30)31)27-20(28)13-15-6-3-4-9-18(15)24/h3-12,29H,13H2,1-2H3,(H,27,28)(H2,26,30,31). The predicted octanol–water partition coefficient (Wildman–Crippen LogP) is 4.20. The van der Waals surface area contributed by atoms with Crippen molar-refractivity contribution in [2.75, 3.05) is 5.32 Å². The van der Waals surface area contributed by atoms with Gasteiger partial charge in [-0.05, 0) is 48.7 Å². The fraction of sp³-hybridized carbons (Fsp3) is 0.174. The number of halogens is 2. The van der Waals surface area contributed by atoms with Crippen LogP contribution in [0.25, 0.3) is 11.1 Å². The van der Waals surface area contributed by atoms with Gasteiger partial charge in [-0.15, -0.1) is 0 Å². The van der Waals surface area contributed by atoms with Crippen LogP contribution in [0.4, 0.5) is 10.1 Å². The van der Waals surface area contributed by atoms with Gasteiger partial charge in [0, 0.05) is 10.6 Å². The molecule has 32 heavy (non-hydrogen) atoms. The number of rotatable bonds is 6. The molecule has 0 atom stereocenters. The summed E-state index contributed by atoms with van der Waals surface area (Å²) in [7, 11) is -4.49. The van der Waals surface area contributed by atoms with Crippen molar-refractivity contribution in [3.63, 3.8) is 0 Å². The van der Waals surface area contributed by atoms with E-state index in [0.717, 1.165) is 0 Å². The molecule has 6 nitrogen and oxygen atoms in total. The second kappa shape index (κ2) is 8.99. The number of primary sulfonamides is 1. The lowest BCUT2D eigenvalue weighted by atomic mass is 9.94. The van der Waals surface area contributed by atoms with Crippen LogP contribution in [-0.2, 0) is 26.8 Å².